The summed E-state index contributed by atoms with van der Waals surface area (Å²) in [5, 5.41) is 11.4. The van der Waals surface area contributed by atoms with Gasteiger partial charge in [-0.25, -0.2) is 9.18 Å². The Bertz CT molecular complexity index is 917. The lowest BCUT2D eigenvalue weighted by Gasteiger charge is -2.39. The Hall–Kier alpha value is -2.19. The van der Waals surface area contributed by atoms with Crippen molar-refractivity contribution >= 4 is 27.0 Å². The molecule has 26 heavy (non-hydrogen) atoms. The van der Waals surface area contributed by atoms with Gasteiger partial charge in [0.1, 0.15) is 12.3 Å². The number of hydrogen-bond donors (Lipinski definition) is 1. The smallest absolute Gasteiger partial charge is 0.407 e. The molecule has 3 rings (SSSR count). The molecule has 1 fully saturated rings. The molecule has 0 aromatic heterocycles. The second-order valence-electron chi connectivity index (χ2n) is 6.50. The maximum absolute atomic E-state index is 15.0. The van der Waals surface area contributed by atoms with Gasteiger partial charge in [-0.3, -0.25) is 4.18 Å². The summed E-state index contributed by atoms with van der Waals surface area (Å²) in [6, 6.07) is 12.3. The Morgan fingerprint density at radius 2 is 1.96 bits per heavy atom. The first-order valence-corrected chi connectivity index (χ1v) is 10.1. The molecule has 1 N–H and O–H groups in total. The number of piperidine rings is 1. The first-order chi connectivity index (χ1) is 12.2. The Balaban J connectivity index is 1.87. The van der Waals surface area contributed by atoms with Crippen LogP contribution >= 0.6 is 0 Å². The molecule has 140 valence electrons. The van der Waals surface area contributed by atoms with E-state index in [0.29, 0.717) is 0 Å². The number of amides is 1. The predicted octanol–water partition coefficient (Wildman–Crippen LogP) is 2.82. The lowest BCUT2D eigenvalue weighted by atomic mass is 9.91. The molecule has 1 saturated heterocycles. The van der Waals surface area contributed by atoms with Gasteiger partial charge < -0.3 is 10.0 Å². The van der Waals surface area contributed by atoms with Crippen LogP contribution in [0.4, 0.5) is 9.18 Å². The van der Waals surface area contributed by atoms with Crippen LogP contribution in [0.3, 0.4) is 0 Å². The third kappa shape index (κ3) is 4.13. The average Bonchev–Trinajstić information content (AvgIpc) is 2.57. The minimum atomic E-state index is -3.83. The summed E-state index contributed by atoms with van der Waals surface area (Å²) in [5.41, 5.74) is 0.780. The zero-order valence-corrected chi connectivity index (χ0v) is 15.0. The topological polar surface area (TPSA) is 83.9 Å². The van der Waals surface area contributed by atoms with Crippen LogP contribution < -0.4 is 0 Å². The first kappa shape index (κ1) is 18.6. The fourth-order valence-electron chi connectivity index (χ4n) is 3.40. The second-order valence-corrected chi connectivity index (χ2v) is 8.10. The quantitative estimate of drug-likeness (QED) is 0.824. The van der Waals surface area contributed by atoms with E-state index in [1.54, 1.807) is 0 Å². The highest BCUT2D eigenvalue weighted by Crippen LogP contribution is 2.28. The van der Waals surface area contributed by atoms with Gasteiger partial charge in [0.05, 0.1) is 12.3 Å². The minimum Gasteiger partial charge on any atom is -0.465 e. The molecular weight excluding hydrogens is 361 g/mol. The first-order valence-electron chi connectivity index (χ1n) is 8.24. The normalized spacial score (nSPS) is 23.9. The summed E-state index contributed by atoms with van der Waals surface area (Å²) in [6.07, 6.45) is -3.14. The summed E-state index contributed by atoms with van der Waals surface area (Å²) < 4.78 is 42.5. The van der Waals surface area contributed by atoms with Gasteiger partial charge in [0, 0.05) is 6.54 Å². The number of nitrogens with zero attached hydrogens (tertiary/aromatic N) is 1. The number of hydrogen-bond acceptors (Lipinski definition) is 4. The molecule has 1 aliphatic rings. The van der Waals surface area contributed by atoms with Crippen molar-refractivity contribution in [3.63, 3.8) is 0 Å². The Morgan fingerprint density at radius 3 is 2.62 bits per heavy atom. The lowest BCUT2D eigenvalue weighted by Crippen LogP contribution is -2.56. The van der Waals surface area contributed by atoms with Crippen LogP contribution in [0, 0.1) is 0 Å². The van der Waals surface area contributed by atoms with Crippen molar-refractivity contribution in [1.29, 1.82) is 0 Å². The van der Waals surface area contributed by atoms with E-state index in [4.69, 9.17) is 4.18 Å². The number of likely N-dealkylation sites (tertiary alicyclic amines) is 1. The van der Waals surface area contributed by atoms with Gasteiger partial charge in [0.15, 0.2) is 0 Å². The number of alkyl halides is 1. The molecule has 6 nitrogen and oxygen atoms in total. The van der Waals surface area contributed by atoms with Gasteiger partial charge in [0.2, 0.25) is 0 Å². The van der Waals surface area contributed by atoms with Crippen molar-refractivity contribution < 1.29 is 26.9 Å². The van der Waals surface area contributed by atoms with Crippen molar-refractivity contribution in [3.05, 3.63) is 48.0 Å². The van der Waals surface area contributed by atoms with Crippen LogP contribution in [-0.2, 0) is 20.7 Å². The largest absolute Gasteiger partial charge is 0.465 e. The summed E-state index contributed by atoms with van der Waals surface area (Å²) in [5.74, 6) is 0. The number of carboxylic acid groups (broad SMARTS) is 1. The minimum absolute atomic E-state index is 0.00520. The second kappa shape index (κ2) is 7.20. The van der Waals surface area contributed by atoms with E-state index in [1.165, 1.54) is 0 Å². The van der Waals surface area contributed by atoms with Gasteiger partial charge in [-0.2, -0.15) is 8.42 Å². The van der Waals surface area contributed by atoms with E-state index in [2.05, 4.69) is 0 Å². The standard InChI is InChI=1S/C18H20FNO5S/c1-26(23,24)25-16-8-9-20(18(21)22)15(17(16)19)11-12-6-7-13-4-2-3-5-14(13)10-12/h2-7,10,15-17H,8-9,11H2,1H3,(H,21,22). The van der Waals surface area contributed by atoms with Gasteiger partial charge in [-0.15, -0.1) is 0 Å². The van der Waals surface area contributed by atoms with E-state index >= 15 is 0 Å². The number of halogens is 1. The van der Waals surface area contributed by atoms with Gasteiger partial charge in [-0.1, -0.05) is 42.5 Å². The molecule has 3 unspecified atom stereocenters. The number of carbonyl (C=O) groups is 1. The Morgan fingerprint density at radius 1 is 1.27 bits per heavy atom. The van der Waals surface area contributed by atoms with E-state index in [9.17, 15) is 22.7 Å². The zero-order chi connectivity index (χ0) is 18.9. The summed E-state index contributed by atoms with van der Waals surface area (Å²) in [7, 11) is -3.83. The third-order valence-electron chi connectivity index (χ3n) is 4.58. The number of rotatable bonds is 4. The molecule has 0 bridgehead atoms. The maximum Gasteiger partial charge on any atom is 0.407 e. The van der Waals surface area contributed by atoms with Crippen molar-refractivity contribution in [2.75, 3.05) is 12.8 Å². The van der Waals surface area contributed by atoms with Gasteiger partial charge in [0.25, 0.3) is 10.1 Å². The SMILES string of the molecule is CS(=O)(=O)OC1CCN(C(=O)O)C(Cc2ccc3ccccc3c2)C1F. The number of fused-ring (bicyclic) bond motifs is 1. The molecular formula is C18H20FNO5S. The molecule has 1 heterocycles. The van der Waals surface area contributed by atoms with Crippen LogP contribution in [0.25, 0.3) is 10.8 Å². The van der Waals surface area contributed by atoms with Crippen LogP contribution in [-0.4, -0.2) is 55.6 Å². The highest BCUT2D eigenvalue weighted by Gasteiger charge is 2.42. The van der Waals surface area contributed by atoms with Crippen molar-refractivity contribution in [3.8, 4) is 0 Å². The van der Waals surface area contributed by atoms with Crippen LogP contribution in [0.15, 0.2) is 42.5 Å². The summed E-state index contributed by atoms with van der Waals surface area (Å²) >= 11 is 0. The molecule has 0 saturated carbocycles. The Labute approximate surface area is 151 Å². The van der Waals surface area contributed by atoms with E-state index in [0.717, 1.165) is 27.5 Å². The Kier molecular flexibility index (Phi) is 5.15. The van der Waals surface area contributed by atoms with Crippen molar-refractivity contribution in [2.45, 2.75) is 31.2 Å². The van der Waals surface area contributed by atoms with Crippen LogP contribution in [0.5, 0.6) is 0 Å². The maximum atomic E-state index is 15.0. The summed E-state index contributed by atoms with van der Waals surface area (Å²) in [4.78, 5) is 12.5. The molecule has 1 amide bonds. The average molecular weight is 381 g/mol. The van der Waals surface area contributed by atoms with Gasteiger partial charge in [-0.05, 0) is 29.2 Å². The van der Waals surface area contributed by atoms with Gasteiger partial charge >= 0.3 is 6.09 Å². The summed E-state index contributed by atoms with van der Waals surface area (Å²) in [6.45, 7) is 0.0220. The van der Waals surface area contributed by atoms with Crippen LogP contribution in [0.2, 0.25) is 0 Å². The molecule has 0 spiro atoms. The third-order valence-corrected chi connectivity index (χ3v) is 5.18. The molecule has 3 atom stereocenters. The fourth-order valence-corrected chi connectivity index (χ4v) is 4.06. The lowest BCUT2D eigenvalue weighted by molar-refractivity contribution is -0.0109. The highest BCUT2D eigenvalue weighted by molar-refractivity contribution is 7.86. The molecule has 8 heteroatoms. The molecule has 2 aromatic rings. The monoisotopic (exact) mass is 381 g/mol. The molecule has 2 aromatic carbocycles. The fraction of sp³-hybridized carbons (Fsp3) is 0.389. The van der Waals surface area contributed by atoms with Crippen molar-refractivity contribution in [1.82, 2.24) is 4.90 Å². The zero-order valence-electron chi connectivity index (χ0n) is 14.2. The highest BCUT2D eigenvalue weighted by atomic mass is 32.2. The predicted molar refractivity (Wildman–Crippen MR) is 95.4 cm³/mol. The van der Waals surface area contributed by atoms with E-state index in [1.807, 2.05) is 42.5 Å². The molecule has 0 aliphatic carbocycles. The molecule has 0 radical (unpaired) electrons. The van der Waals surface area contributed by atoms with E-state index in [-0.39, 0.29) is 19.4 Å². The van der Waals surface area contributed by atoms with E-state index < -0.39 is 34.5 Å². The van der Waals surface area contributed by atoms with Crippen LogP contribution in [0.1, 0.15) is 12.0 Å². The van der Waals surface area contributed by atoms with Crippen molar-refractivity contribution in [2.24, 2.45) is 0 Å². The number of benzene rings is 2. The molecule has 1 aliphatic heterocycles.